The average molecular weight is 180 g/mol. The average Bonchev–Trinajstić information content (AvgIpc) is 1.84. The van der Waals surface area contributed by atoms with Crippen molar-refractivity contribution in [2.24, 2.45) is 0 Å². The molecule has 0 aromatic heterocycles. The number of halogens is 1. The Morgan fingerprint density at radius 1 is 1.08 bits per heavy atom. The van der Waals surface area contributed by atoms with Crippen LogP contribution in [0.1, 0.15) is 6.42 Å². The maximum atomic E-state index is 12.7. The summed E-state index contributed by atoms with van der Waals surface area (Å²) in [7, 11) is 0. The Hall–Kier alpha value is -1.66. The summed E-state index contributed by atoms with van der Waals surface area (Å²) in [6.45, 7) is 0. The Kier molecular flexibility index (Phi) is 2.72. The van der Waals surface area contributed by atoms with E-state index in [2.05, 4.69) is 0 Å². The van der Waals surface area contributed by atoms with Crippen LogP contribution in [0.4, 0.5) is 4.39 Å². The molecule has 0 atom stereocenters. The minimum atomic E-state index is -3.74. The molecule has 0 radical (unpaired) electrons. The molecule has 68 valence electrons. The van der Waals surface area contributed by atoms with Crippen LogP contribution in [0.25, 0.3) is 0 Å². The van der Waals surface area contributed by atoms with Crippen molar-refractivity contribution in [3.63, 3.8) is 0 Å². The van der Waals surface area contributed by atoms with Crippen molar-refractivity contribution < 1.29 is 34.1 Å². The monoisotopic (exact) mass is 180 g/mol. The lowest BCUT2D eigenvalue weighted by Gasteiger charge is -2.11. The van der Waals surface area contributed by atoms with E-state index >= 15 is 0 Å². The lowest BCUT2D eigenvalue weighted by molar-refractivity contribution is -0.171. The van der Waals surface area contributed by atoms with E-state index in [-0.39, 0.29) is 0 Å². The Morgan fingerprint density at radius 3 is 1.50 bits per heavy atom. The van der Waals surface area contributed by atoms with Crippen LogP contribution >= 0.6 is 0 Å². The number of hydrogen-bond donors (Lipinski definition) is 3. The van der Waals surface area contributed by atoms with Gasteiger partial charge in [0, 0.05) is 0 Å². The molecule has 0 saturated carbocycles. The highest BCUT2D eigenvalue weighted by molar-refractivity contribution is 6.04. The van der Waals surface area contributed by atoms with Crippen LogP contribution in [0.3, 0.4) is 0 Å². The molecule has 0 aliphatic rings. The molecule has 6 nitrogen and oxygen atoms in total. The summed E-state index contributed by atoms with van der Waals surface area (Å²) < 4.78 is 12.7. The molecule has 3 N–H and O–H groups in total. The third-order valence-corrected chi connectivity index (χ3v) is 1.07. The van der Waals surface area contributed by atoms with E-state index < -0.39 is 30.0 Å². The van der Waals surface area contributed by atoms with Gasteiger partial charge in [0.05, 0.1) is 0 Å². The smallest absolute Gasteiger partial charge is 0.354 e. The van der Waals surface area contributed by atoms with E-state index in [0.29, 0.717) is 0 Å². The first kappa shape index (κ1) is 10.3. The maximum absolute atomic E-state index is 12.7. The van der Waals surface area contributed by atoms with Crippen molar-refractivity contribution in [2.75, 3.05) is 0 Å². The molecule has 12 heavy (non-hydrogen) atoms. The quantitative estimate of drug-likeness (QED) is 0.495. The summed E-state index contributed by atoms with van der Waals surface area (Å²) in [6, 6.07) is 0. The fourth-order valence-corrected chi connectivity index (χ4v) is 0.451. The van der Waals surface area contributed by atoms with Gasteiger partial charge in [0.15, 0.2) is 0 Å². The predicted molar refractivity (Wildman–Crippen MR) is 31.4 cm³/mol. The lowest BCUT2D eigenvalue weighted by Crippen LogP contribution is -2.44. The molecule has 0 aromatic carbocycles. The standard InChI is InChI=1S/C5H5FO6/c6-5(3(9)10,4(11)12)1-2(7)8/h1H2,(H,7,8)(H,9,10)(H,11,12). The molecule has 0 spiro atoms. The molecule has 7 heteroatoms. The molecule has 0 aliphatic heterocycles. The van der Waals surface area contributed by atoms with Crippen LogP contribution in [-0.2, 0) is 14.4 Å². The Morgan fingerprint density at radius 2 is 1.42 bits per heavy atom. The topological polar surface area (TPSA) is 112 Å². The van der Waals surface area contributed by atoms with Crippen LogP contribution in [0.15, 0.2) is 0 Å². The summed E-state index contributed by atoms with van der Waals surface area (Å²) in [5.74, 6) is -6.47. The highest BCUT2D eigenvalue weighted by Crippen LogP contribution is 2.16. The summed E-state index contributed by atoms with van der Waals surface area (Å²) in [5.41, 5.74) is -3.74. The molecule has 0 saturated heterocycles. The zero-order valence-electron chi connectivity index (χ0n) is 5.65. The summed E-state index contributed by atoms with van der Waals surface area (Å²) >= 11 is 0. The molecule has 0 aromatic rings. The van der Waals surface area contributed by atoms with Crippen LogP contribution in [0.5, 0.6) is 0 Å². The number of rotatable bonds is 4. The molecule has 0 rings (SSSR count). The van der Waals surface area contributed by atoms with Crippen molar-refractivity contribution in [3.8, 4) is 0 Å². The SMILES string of the molecule is O=C(O)CC(F)(C(=O)O)C(=O)O. The van der Waals surface area contributed by atoms with Gasteiger partial charge in [-0.15, -0.1) is 0 Å². The third-order valence-electron chi connectivity index (χ3n) is 1.07. The fourth-order valence-electron chi connectivity index (χ4n) is 0.451. The second-order valence-electron chi connectivity index (χ2n) is 1.98. The number of aliphatic carboxylic acids is 3. The molecule has 0 amide bonds. The van der Waals surface area contributed by atoms with Crippen molar-refractivity contribution in [3.05, 3.63) is 0 Å². The van der Waals surface area contributed by atoms with E-state index in [0.717, 1.165) is 0 Å². The van der Waals surface area contributed by atoms with Crippen LogP contribution in [-0.4, -0.2) is 38.9 Å². The van der Waals surface area contributed by atoms with Gasteiger partial charge in [0.25, 0.3) is 0 Å². The minimum Gasteiger partial charge on any atom is -0.481 e. The second kappa shape index (κ2) is 3.16. The maximum Gasteiger partial charge on any atom is 0.354 e. The van der Waals surface area contributed by atoms with Gasteiger partial charge in [-0.25, -0.2) is 14.0 Å². The van der Waals surface area contributed by atoms with Gasteiger partial charge in [0.1, 0.15) is 6.42 Å². The van der Waals surface area contributed by atoms with Gasteiger partial charge < -0.3 is 15.3 Å². The fraction of sp³-hybridized carbons (Fsp3) is 0.400. The van der Waals surface area contributed by atoms with Crippen molar-refractivity contribution in [1.29, 1.82) is 0 Å². The second-order valence-corrected chi connectivity index (χ2v) is 1.98. The third kappa shape index (κ3) is 1.91. The van der Waals surface area contributed by atoms with Crippen LogP contribution in [0, 0.1) is 0 Å². The molecular formula is C5H5FO6. The molecule has 0 aliphatic carbocycles. The minimum absolute atomic E-state index is 1.60. The van der Waals surface area contributed by atoms with E-state index in [1.54, 1.807) is 0 Å². The molecule has 0 heterocycles. The summed E-state index contributed by atoms with van der Waals surface area (Å²) in [6.07, 6.45) is -1.60. The largest absolute Gasteiger partial charge is 0.481 e. The molecule has 0 bridgehead atoms. The van der Waals surface area contributed by atoms with Crippen molar-refractivity contribution in [2.45, 2.75) is 12.1 Å². The van der Waals surface area contributed by atoms with Gasteiger partial charge in [-0.05, 0) is 0 Å². The van der Waals surface area contributed by atoms with Crippen LogP contribution < -0.4 is 0 Å². The van der Waals surface area contributed by atoms with Gasteiger partial charge in [0.2, 0.25) is 0 Å². The van der Waals surface area contributed by atoms with E-state index in [1.807, 2.05) is 0 Å². The Bertz CT molecular complexity index is 220. The van der Waals surface area contributed by atoms with Crippen LogP contribution in [0.2, 0.25) is 0 Å². The van der Waals surface area contributed by atoms with Gasteiger partial charge in [-0.2, -0.15) is 0 Å². The predicted octanol–water partition coefficient (Wildman–Crippen LogP) is -0.661. The summed E-state index contributed by atoms with van der Waals surface area (Å²) in [4.78, 5) is 29.8. The van der Waals surface area contributed by atoms with Gasteiger partial charge in [-0.3, -0.25) is 4.79 Å². The molecular weight excluding hydrogens is 175 g/mol. The highest BCUT2D eigenvalue weighted by atomic mass is 19.1. The normalized spacial score (nSPS) is 10.8. The lowest BCUT2D eigenvalue weighted by atomic mass is 10.0. The first-order valence-corrected chi connectivity index (χ1v) is 2.68. The molecule has 0 fully saturated rings. The van der Waals surface area contributed by atoms with E-state index in [4.69, 9.17) is 15.3 Å². The Labute approximate surface area is 65.2 Å². The number of hydrogen-bond acceptors (Lipinski definition) is 3. The highest BCUT2D eigenvalue weighted by Gasteiger charge is 2.49. The van der Waals surface area contributed by atoms with E-state index in [1.165, 1.54) is 0 Å². The number of carbonyl (C=O) groups is 3. The zero-order valence-corrected chi connectivity index (χ0v) is 5.65. The van der Waals surface area contributed by atoms with Gasteiger partial charge in [-0.1, -0.05) is 0 Å². The number of carboxylic acids is 3. The van der Waals surface area contributed by atoms with Crippen molar-refractivity contribution in [1.82, 2.24) is 0 Å². The number of carboxylic acid groups (broad SMARTS) is 3. The summed E-state index contributed by atoms with van der Waals surface area (Å²) in [5, 5.41) is 24.0. The van der Waals surface area contributed by atoms with Gasteiger partial charge >= 0.3 is 23.6 Å². The van der Waals surface area contributed by atoms with Crippen molar-refractivity contribution >= 4 is 17.9 Å². The Balaban J connectivity index is 4.75. The van der Waals surface area contributed by atoms with E-state index in [9.17, 15) is 18.8 Å². The number of alkyl halides is 1. The first-order chi connectivity index (χ1) is 5.30. The zero-order chi connectivity index (χ0) is 9.94. The first-order valence-electron chi connectivity index (χ1n) is 2.68. The molecule has 0 unspecified atom stereocenters.